The van der Waals surface area contributed by atoms with Crippen LogP contribution in [-0.2, 0) is 13.6 Å². The first-order valence-corrected chi connectivity index (χ1v) is 22.7. The van der Waals surface area contributed by atoms with Gasteiger partial charge in [-0.15, -0.1) is 0 Å². The highest BCUT2D eigenvalue weighted by molar-refractivity contribution is 5.96. The molecule has 0 aliphatic carbocycles. The lowest BCUT2D eigenvalue weighted by Crippen LogP contribution is -2.49. The first kappa shape index (κ1) is 40.7. The number of H-pyrrole nitrogens is 1. The van der Waals surface area contributed by atoms with Crippen molar-refractivity contribution in [3.8, 4) is 11.1 Å². The molecule has 4 fully saturated rings. The van der Waals surface area contributed by atoms with E-state index in [1.165, 1.54) is 39.9 Å². The van der Waals surface area contributed by atoms with E-state index in [1.807, 2.05) is 34.3 Å². The van der Waals surface area contributed by atoms with Gasteiger partial charge in [-0.1, -0.05) is 18.2 Å². The number of fused-ring (bicyclic) bond motifs is 2. The van der Waals surface area contributed by atoms with Gasteiger partial charge >= 0.3 is 0 Å². The Bertz CT molecular complexity index is 2480. The lowest BCUT2D eigenvalue weighted by atomic mass is 9.88. The van der Waals surface area contributed by atoms with E-state index in [2.05, 4.69) is 84.7 Å². The van der Waals surface area contributed by atoms with E-state index >= 15 is 8.78 Å². The van der Waals surface area contributed by atoms with Gasteiger partial charge in [0.05, 0.1) is 11.7 Å². The quantitative estimate of drug-likeness (QED) is 0.130. The van der Waals surface area contributed by atoms with Crippen LogP contribution in [0.4, 0.5) is 20.2 Å². The fourth-order valence-electron chi connectivity index (χ4n) is 10.5. The number of amides is 1. The van der Waals surface area contributed by atoms with Crippen LogP contribution in [-0.4, -0.2) is 118 Å². The minimum Gasteiger partial charge on any atom is -0.381 e. The molecule has 10 rings (SSSR count). The topological polar surface area (TPSA) is 101 Å². The lowest BCUT2D eigenvalue weighted by molar-refractivity contribution is 0.0665. The number of aryl methyl sites for hydroxylation is 1. The molecule has 4 aliphatic heterocycles. The van der Waals surface area contributed by atoms with Crippen LogP contribution in [0.1, 0.15) is 66.1 Å². The molecule has 1 unspecified atom stereocenters. The molecule has 11 nitrogen and oxygen atoms in total. The summed E-state index contributed by atoms with van der Waals surface area (Å²) < 4.78 is 32.7. The number of halogens is 2. The SMILES string of the molecule is Cn1c(CN2CCC(c3ccc(C(=O)N4CCC(CN5CCN(c6c(F)cc(NC7CCCNC7)cc6F)CC5)CC4)cc3)CC2)cc2c(-c3ccc4[nH]ncc4c3)ccnc21. The van der Waals surface area contributed by atoms with Crippen molar-refractivity contribution in [2.24, 2.45) is 13.0 Å². The van der Waals surface area contributed by atoms with Crippen molar-refractivity contribution in [2.45, 2.75) is 57.0 Å². The zero-order valence-corrected chi connectivity index (χ0v) is 35.8. The van der Waals surface area contributed by atoms with Gasteiger partial charge in [0.1, 0.15) is 11.3 Å². The van der Waals surface area contributed by atoms with E-state index in [0.717, 1.165) is 126 Å². The Morgan fingerprint density at radius 1 is 0.839 bits per heavy atom. The highest BCUT2D eigenvalue weighted by atomic mass is 19.1. The maximum atomic E-state index is 15.2. The molecular weight excluding hydrogens is 783 g/mol. The number of piperidine rings is 3. The smallest absolute Gasteiger partial charge is 0.253 e. The predicted molar refractivity (Wildman–Crippen MR) is 243 cm³/mol. The number of pyridine rings is 1. The molecule has 13 heteroatoms. The van der Waals surface area contributed by atoms with Gasteiger partial charge in [0, 0.05) is 106 Å². The summed E-state index contributed by atoms with van der Waals surface area (Å²) in [5.41, 5.74) is 8.33. The molecule has 0 saturated carbocycles. The number of likely N-dealkylation sites (tertiary alicyclic amines) is 2. The van der Waals surface area contributed by atoms with Gasteiger partial charge < -0.3 is 25.0 Å². The number of rotatable bonds is 10. The van der Waals surface area contributed by atoms with Crippen LogP contribution in [0.15, 0.2) is 79.1 Å². The Labute approximate surface area is 362 Å². The number of nitrogens with zero attached hydrogens (tertiary/aromatic N) is 7. The number of carbonyl (C=O) groups is 1. The van der Waals surface area contributed by atoms with Crippen LogP contribution in [0, 0.1) is 17.6 Å². The van der Waals surface area contributed by atoms with Crippen LogP contribution in [0.3, 0.4) is 0 Å². The molecule has 62 heavy (non-hydrogen) atoms. The van der Waals surface area contributed by atoms with Gasteiger partial charge in [-0.2, -0.15) is 5.10 Å². The molecule has 6 aromatic rings. The first-order valence-electron chi connectivity index (χ1n) is 22.7. The number of hydrogen-bond acceptors (Lipinski definition) is 8. The number of hydrogen-bond donors (Lipinski definition) is 3. The van der Waals surface area contributed by atoms with Crippen LogP contribution in [0.25, 0.3) is 33.1 Å². The Balaban J connectivity index is 0.672. The minimum absolute atomic E-state index is 0.0869. The second kappa shape index (κ2) is 17.8. The molecule has 4 aliphatic rings. The second-order valence-electron chi connectivity index (χ2n) is 18.1. The fraction of sp³-hybridized carbons (Fsp3) is 0.449. The first-order chi connectivity index (χ1) is 30.3. The standard InChI is InChI=1S/C49H58F2N10O/c1-57-41(28-43-42(10-16-53-48(43)57)37-8-9-46-38(25-37)29-54-56-46)32-58-17-13-35(14-18-58)34-4-6-36(7-5-34)49(62)61-19-11-33(12-20-61)31-59-21-23-60(24-22-59)47-44(50)26-40(27-45(47)51)55-39-3-2-15-52-30-39/h4-10,16,25-29,33,35,39,52,55H,2-3,11-15,17-24,30-32H2,1H3,(H,54,56). The van der Waals surface area contributed by atoms with Gasteiger partial charge in [0.15, 0.2) is 11.6 Å². The van der Waals surface area contributed by atoms with E-state index < -0.39 is 11.6 Å². The molecule has 0 spiro atoms. The Morgan fingerprint density at radius 3 is 2.35 bits per heavy atom. The van der Waals surface area contributed by atoms with E-state index in [0.29, 0.717) is 30.6 Å². The maximum absolute atomic E-state index is 15.2. The number of nitrogens with one attached hydrogen (secondary N) is 3. The molecule has 4 saturated heterocycles. The van der Waals surface area contributed by atoms with Crippen molar-refractivity contribution in [1.82, 2.24) is 39.8 Å². The van der Waals surface area contributed by atoms with Gasteiger partial charge in [-0.3, -0.25) is 19.7 Å². The summed E-state index contributed by atoms with van der Waals surface area (Å²) in [6, 6.07) is 22.3. The maximum Gasteiger partial charge on any atom is 0.253 e. The molecular formula is C49H58F2N10O. The van der Waals surface area contributed by atoms with Crippen molar-refractivity contribution >= 4 is 39.2 Å². The molecule has 7 heterocycles. The molecule has 0 radical (unpaired) electrons. The molecule has 324 valence electrons. The van der Waals surface area contributed by atoms with Gasteiger partial charge in [-0.05, 0) is 135 Å². The Kier molecular flexibility index (Phi) is 11.7. The minimum atomic E-state index is -0.500. The third-order valence-corrected chi connectivity index (χ3v) is 14.2. The Morgan fingerprint density at radius 2 is 1.61 bits per heavy atom. The molecule has 0 bridgehead atoms. The molecule has 3 aromatic carbocycles. The fourth-order valence-corrected chi connectivity index (χ4v) is 10.5. The summed E-state index contributed by atoms with van der Waals surface area (Å²) in [7, 11) is 2.12. The third kappa shape index (κ3) is 8.54. The van der Waals surface area contributed by atoms with E-state index in [-0.39, 0.29) is 17.6 Å². The summed E-state index contributed by atoms with van der Waals surface area (Å²) in [6.07, 6.45) is 9.94. The number of piperazine rings is 1. The van der Waals surface area contributed by atoms with Crippen LogP contribution in [0.5, 0.6) is 0 Å². The zero-order valence-electron chi connectivity index (χ0n) is 35.8. The number of benzene rings is 3. The van der Waals surface area contributed by atoms with Crippen LogP contribution in [0.2, 0.25) is 0 Å². The van der Waals surface area contributed by atoms with Crippen molar-refractivity contribution in [3.05, 3.63) is 108 Å². The van der Waals surface area contributed by atoms with Gasteiger partial charge in [0.2, 0.25) is 0 Å². The summed E-state index contributed by atoms with van der Waals surface area (Å²) in [5, 5.41) is 16.1. The van der Waals surface area contributed by atoms with E-state index in [4.69, 9.17) is 4.98 Å². The Hall–Kier alpha value is -5.37. The van der Waals surface area contributed by atoms with Gasteiger partial charge in [-0.25, -0.2) is 13.8 Å². The zero-order chi connectivity index (χ0) is 42.2. The van der Waals surface area contributed by atoms with Crippen molar-refractivity contribution in [2.75, 3.05) is 82.2 Å². The number of aromatic nitrogens is 4. The highest BCUT2D eigenvalue weighted by Gasteiger charge is 2.29. The lowest BCUT2D eigenvalue weighted by Gasteiger charge is -2.39. The predicted octanol–water partition coefficient (Wildman–Crippen LogP) is 7.61. The van der Waals surface area contributed by atoms with E-state index in [1.54, 1.807) is 0 Å². The average Bonchev–Trinajstić information content (AvgIpc) is 3.91. The van der Waals surface area contributed by atoms with Gasteiger partial charge in [0.25, 0.3) is 5.91 Å². The largest absolute Gasteiger partial charge is 0.381 e. The summed E-state index contributed by atoms with van der Waals surface area (Å²) in [5.74, 6) is 0.106. The molecule has 1 amide bonds. The number of aromatic amines is 1. The third-order valence-electron chi connectivity index (χ3n) is 14.2. The summed E-state index contributed by atoms with van der Waals surface area (Å²) in [4.78, 5) is 27.2. The summed E-state index contributed by atoms with van der Waals surface area (Å²) >= 11 is 0. The molecule has 1 atom stereocenters. The molecule has 3 aromatic heterocycles. The van der Waals surface area contributed by atoms with Crippen LogP contribution >= 0.6 is 0 Å². The van der Waals surface area contributed by atoms with Crippen molar-refractivity contribution in [3.63, 3.8) is 0 Å². The second-order valence-corrected chi connectivity index (χ2v) is 18.1. The molecule has 3 N–H and O–H groups in total. The number of anilines is 2. The highest BCUT2D eigenvalue weighted by Crippen LogP contribution is 2.34. The normalized spacial score (nSPS) is 20.1. The number of carbonyl (C=O) groups excluding carboxylic acids is 1. The average molecular weight is 841 g/mol. The van der Waals surface area contributed by atoms with Crippen molar-refractivity contribution < 1.29 is 13.6 Å². The van der Waals surface area contributed by atoms with E-state index in [9.17, 15) is 4.79 Å². The monoisotopic (exact) mass is 840 g/mol. The van der Waals surface area contributed by atoms with Crippen molar-refractivity contribution in [1.29, 1.82) is 0 Å². The van der Waals surface area contributed by atoms with Crippen LogP contribution < -0.4 is 15.5 Å². The summed E-state index contributed by atoms with van der Waals surface area (Å²) in [6.45, 7) is 9.92.